The Labute approximate surface area is 148 Å². The maximum Gasteiger partial charge on any atom is 0.243 e. The summed E-state index contributed by atoms with van der Waals surface area (Å²) >= 11 is 0. The molecule has 132 valence electrons. The third kappa shape index (κ3) is 3.80. The van der Waals surface area contributed by atoms with E-state index in [0.717, 1.165) is 19.3 Å². The van der Waals surface area contributed by atoms with Crippen molar-refractivity contribution >= 4 is 22.4 Å². The fourth-order valence-corrected chi connectivity index (χ4v) is 4.86. The van der Waals surface area contributed by atoms with Gasteiger partial charge in [-0.25, -0.2) is 8.42 Å². The zero-order chi connectivity index (χ0) is 16.3. The van der Waals surface area contributed by atoms with Crippen molar-refractivity contribution in [1.29, 1.82) is 0 Å². The van der Waals surface area contributed by atoms with Crippen LogP contribution in [0.25, 0.3) is 11.3 Å². The van der Waals surface area contributed by atoms with Gasteiger partial charge in [0.2, 0.25) is 10.0 Å². The molecule has 1 aliphatic rings. The van der Waals surface area contributed by atoms with Crippen molar-refractivity contribution in [3.8, 4) is 11.3 Å². The van der Waals surface area contributed by atoms with E-state index in [1.54, 1.807) is 34.6 Å². The number of nitrogens with zero attached hydrogens (tertiary/aromatic N) is 2. The fraction of sp³-hybridized carbons (Fsp3) is 0.438. The van der Waals surface area contributed by atoms with E-state index in [1.165, 1.54) is 6.20 Å². The molecule has 1 aromatic carbocycles. The number of halogens is 1. The maximum atomic E-state index is 13.1. The first kappa shape index (κ1) is 18.9. The molecular weight excluding hydrogens is 350 g/mol. The summed E-state index contributed by atoms with van der Waals surface area (Å²) in [5.74, 6) is 0.792. The summed E-state index contributed by atoms with van der Waals surface area (Å²) in [6.07, 6.45) is 4.27. The molecule has 0 saturated carbocycles. The Kier molecular flexibility index (Phi) is 6.40. The van der Waals surface area contributed by atoms with Gasteiger partial charge in [0.15, 0.2) is 5.76 Å². The minimum Gasteiger partial charge on any atom is -0.356 e. The van der Waals surface area contributed by atoms with Crippen molar-refractivity contribution in [3.05, 3.63) is 36.5 Å². The highest BCUT2D eigenvalue weighted by Crippen LogP contribution is 2.31. The van der Waals surface area contributed by atoms with Gasteiger partial charge in [0.05, 0.1) is 11.1 Å². The Morgan fingerprint density at radius 2 is 2.08 bits per heavy atom. The van der Waals surface area contributed by atoms with Gasteiger partial charge in [-0.2, -0.15) is 4.31 Å². The van der Waals surface area contributed by atoms with Crippen molar-refractivity contribution in [2.24, 2.45) is 11.7 Å². The van der Waals surface area contributed by atoms with Crippen LogP contribution in [0.15, 0.2) is 45.9 Å². The molecule has 1 saturated heterocycles. The number of piperidine rings is 1. The molecule has 0 amide bonds. The Balaban J connectivity index is 0.00000208. The topological polar surface area (TPSA) is 89.4 Å². The van der Waals surface area contributed by atoms with Crippen LogP contribution in [0.5, 0.6) is 0 Å². The molecule has 2 N–H and O–H groups in total. The van der Waals surface area contributed by atoms with Crippen LogP contribution in [0.2, 0.25) is 0 Å². The molecular formula is C16H22ClN3O3S. The van der Waals surface area contributed by atoms with E-state index >= 15 is 0 Å². The first-order chi connectivity index (χ1) is 11.1. The molecule has 3 rings (SSSR count). The first-order valence-corrected chi connectivity index (χ1v) is 9.27. The van der Waals surface area contributed by atoms with Crippen LogP contribution in [0.3, 0.4) is 0 Å². The predicted octanol–water partition coefficient (Wildman–Crippen LogP) is 2.51. The Morgan fingerprint density at radius 1 is 1.29 bits per heavy atom. The molecule has 0 radical (unpaired) electrons. The number of rotatable bonds is 5. The third-order valence-corrected chi connectivity index (χ3v) is 6.19. The summed E-state index contributed by atoms with van der Waals surface area (Å²) in [7, 11) is -3.57. The van der Waals surface area contributed by atoms with E-state index in [1.807, 2.05) is 0 Å². The van der Waals surface area contributed by atoms with Crippen molar-refractivity contribution in [1.82, 2.24) is 9.46 Å². The Bertz CT molecular complexity index is 748. The lowest BCUT2D eigenvalue weighted by Gasteiger charge is -2.32. The zero-order valence-electron chi connectivity index (χ0n) is 13.3. The average molecular weight is 372 g/mol. The number of benzene rings is 1. The van der Waals surface area contributed by atoms with Gasteiger partial charge in [-0.1, -0.05) is 17.3 Å². The van der Waals surface area contributed by atoms with E-state index < -0.39 is 10.0 Å². The standard InChI is InChI=1S/C16H21N3O3S.ClH/c17-9-7-13-4-3-11-19(12-13)23(20,21)16-6-2-1-5-14(16)15-8-10-18-22-15;/h1-2,5-6,8,10,13H,3-4,7,9,11-12,17H2;1H. The molecule has 2 aromatic rings. The lowest BCUT2D eigenvalue weighted by atomic mass is 9.96. The van der Waals surface area contributed by atoms with E-state index in [-0.39, 0.29) is 17.3 Å². The first-order valence-electron chi connectivity index (χ1n) is 7.83. The van der Waals surface area contributed by atoms with Crippen molar-refractivity contribution in [3.63, 3.8) is 0 Å². The highest BCUT2D eigenvalue weighted by molar-refractivity contribution is 7.89. The fourth-order valence-electron chi connectivity index (χ4n) is 3.11. The monoisotopic (exact) mass is 371 g/mol. The van der Waals surface area contributed by atoms with Gasteiger partial charge in [0.1, 0.15) is 0 Å². The minimum absolute atomic E-state index is 0. The molecule has 1 aliphatic heterocycles. The average Bonchev–Trinajstić information content (AvgIpc) is 3.10. The van der Waals surface area contributed by atoms with Gasteiger partial charge in [0, 0.05) is 24.7 Å². The molecule has 0 aliphatic carbocycles. The smallest absolute Gasteiger partial charge is 0.243 e. The van der Waals surface area contributed by atoms with Gasteiger partial charge in [0.25, 0.3) is 0 Å². The van der Waals surface area contributed by atoms with Gasteiger partial charge in [-0.05, 0) is 43.9 Å². The van der Waals surface area contributed by atoms with Crippen LogP contribution in [-0.4, -0.2) is 37.5 Å². The molecule has 0 spiro atoms. The van der Waals surface area contributed by atoms with E-state index in [2.05, 4.69) is 5.16 Å². The summed E-state index contributed by atoms with van der Waals surface area (Å²) in [6.45, 7) is 1.67. The third-order valence-electron chi connectivity index (χ3n) is 4.26. The van der Waals surface area contributed by atoms with Crippen molar-refractivity contribution in [2.75, 3.05) is 19.6 Å². The van der Waals surface area contributed by atoms with Crippen molar-refractivity contribution < 1.29 is 12.9 Å². The van der Waals surface area contributed by atoms with Crippen LogP contribution < -0.4 is 5.73 Å². The van der Waals surface area contributed by atoms with Crippen molar-refractivity contribution in [2.45, 2.75) is 24.2 Å². The van der Waals surface area contributed by atoms with Crippen LogP contribution >= 0.6 is 12.4 Å². The maximum absolute atomic E-state index is 13.1. The lowest BCUT2D eigenvalue weighted by molar-refractivity contribution is 0.258. The molecule has 1 atom stereocenters. The largest absolute Gasteiger partial charge is 0.356 e. The molecule has 8 heteroatoms. The Hall–Kier alpha value is -1.41. The van der Waals surface area contributed by atoms with Crippen LogP contribution in [-0.2, 0) is 10.0 Å². The van der Waals surface area contributed by atoms with Crippen LogP contribution in [0.1, 0.15) is 19.3 Å². The molecule has 24 heavy (non-hydrogen) atoms. The van der Waals surface area contributed by atoms with E-state index in [0.29, 0.717) is 36.9 Å². The number of nitrogens with two attached hydrogens (primary N) is 1. The quantitative estimate of drug-likeness (QED) is 0.872. The van der Waals surface area contributed by atoms with Gasteiger partial charge in [-0.15, -0.1) is 12.4 Å². The Morgan fingerprint density at radius 3 is 2.79 bits per heavy atom. The summed E-state index contributed by atoms with van der Waals surface area (Å²) in [5, 5.41) is 3.67. The van der Waals surface area contributed by atoms with E-state index in [4.69, 9.17) is 10.3 Å². The number of aromatic nitrogens is 1. The second-order valence-corrected chi connectivity index (χ2v) is 7.73. The molecule has 2 heterocycles. The number of sulfonamides is 1. The predicted molar refractivity (Wildman–Crippen MR) is 94.3 cm³/mol. The molecule has 6 nitrogen and oxygen atoms in total. The van der Waals surface area contributed by atoms with E-state index in [9.17, 15) is 8.42 Å². The summed E-state index contributed by atoms with van der Waals surface area (Å²) in [4.78, 5) is 0.269. The minimum atomic E-state index is -3.57. The SMILES string of the molecule is Cl.NCCC1CCCN(S(=O)(=O)c2ccccc2-c2ccno2)C1. The number of hydrogen-bond acceptors (Lipinski definition) is 5. The second kappa shape index (κ2) is 8.11. The molecule has 1 unspecified atom stereocenters. The second-order valence-electron chi connectivity index (χ2n) is 5.82. The molecule has 1 aromatic heterocycles. The van der Waals surface area contributed by atoms with Crippen LogP contribution in [0, 0.1) is 5.92 Å². The molecule has 1 fully saturated rings. The number of hydrogen-bond donors (Lipinski definition) is 1. The van der Waals surface area contributed by atoms with Crippen LogP contribution in [0.4, 0.5) is 0 Å². The van der Waals surface area contributed by atoms with Gasteiger partial charge < -0.3 is 10.3 Å². The summed E-state index contributed by atoms with van der Waals surface area (Å²) in [6, 6.07) is 8.56. The highest BCUT2D eigenvalue weighted by Gasteiger charge is 2.32. The highest BCUT2D eigenvalue weighted by atomic mass is 35.5. The summed E-state index contributed by atoms with van der Waals surface area (Å²) in [5.41, 5.74) is 6.17. The normalized spacial score (nSPS) is 19.0. The summed E-state index contributed by atoms with van der Waals surface area (Å²) < 4.78 is 32.9. The molecule has 0 bridgehead atoms. The lowest BCUT2D eigenvalue weighted by Crippen LogP contribution is -2.40. The van der Waals surface area contributed by atoms with Gasteiger partial charge in [-0.3, -0.25) is 0 Å². The zero-order valence-corrected chi connectivity index (χ0v) is 14.9. The van der Waals surface area contributed by atoms with Gasteiger partial charge >= 0.3 is 0 Å².